The first kappa shape index (κ1) is 16.4. The van der Waals surface area contributed by atoms with Crippen LogP contribution in [0.4, 0.5) is 4.79 Å². The van der Waals surface area contributed by atoms with Crippen LogP contribution in [0.1, 0.15) is 5.56 Å². The van der Waals surface area contributed by atoms with Crippen molar-refractivity contribution in [3.05, 3.63) is 66.2 Å². The molecule has 0 aromatic heterocycles. The highest BCUT2D eigenvalue weighted by atomic mass is 35.7. The molecule has 0 saturated heterocycles. The third-order valence-corrected chi connectivity index (χ3v) is 3.56. The summed E-state index contributed by atoms with van der Waals surface area (Å²) in [5.41, 5.74) is 2.63. The zero-order valence-corrected chi connectivity index (χ0v) is 13.0. The maximum atomic E-state index is 11.8. The molecule has 1 N–H and O–H groups in total. The van der Waals surface area contributed by atoms with Crippen molar-refractivity contribution in [2.45, 2.75) is 6.61 Å². The van der Waals surface area contributed by atoms with Gasteiger partial charge in [-0.15, -0.1) is 0 Å². The van der Waals surface area contributed by atoms with Gasteiger partial charge in [0, 0.05) is 11.2 Å². The molecule has 8 heteroatoms. The average molecular weight is 342 g/mol. The maximum Gasteiger partial charge on any atom is 0.498 e. The van der Waals surface area contributed by atoms with Gasteiger partial charge >= 0.3 is 13.0 Å². The molecule has 0 saturated carbocycles. The molecular formula is C14H13ClNO5P. The molecule has 2 rings (SSSR count). The third kappa shape index (κ3) is 5.77. The van der Waals surface area contributed by atoms with Crippen LogP contribution in [0.2, 0.25) is 0 Å². The molecule has 0 aliphatic rings. The topological polar surface area (TPSA) is 73.9 Å². The molecule has 0 radical (unpaired) electrons. The summed E-state index contributed by atoms with van der Waals surface area (Å²) in [6.07, 6.45) is -0.929. The summed E-state index contributed by atoms with van der Waals surface area (Å²) >= 11 is 5.57. The van der Waals surface area contributed by atoms with E-state index in [0.29, 0.717) is 0 Å². The molecule has 1 amide bonds. The van der Waals surface area contributed by atoms with Crippen molar-refractivity contribution in [3.63, 3.8) is 0 Å². The summed E-state index contributed by atoms with van der Waals surface area (Å²) in [6, 6.07) is 17.3. The largest absolute Gasteiger partial charge is 0.498 e. The van der Waals surface area contributed by atoms with E-state index in [2.05, 4.69) is 4.62 Å². The molecule has 0 bridgehead atoms. The Balaban J connectivity index is 1.76. The fourth-order valence-electron chi connectivity index (χ4n) is 1.47. The lowest BCUT2D eigenvalue weighted by atomic mass is 10.2. The van der Waals surface area contributed by atoms with Crippen molar-refractivity contribution in [2.75, 3.05) is 0 Å². The Morgan fingerprint density at radius 2 is 1.64 bits per heavy atom. The highest BCUT2D eigenvalue weighted by molar-refractivity contribution is 7.81. The van der Waals surface area contributed by atoms with E-state index < -0.39 is 13.0 Å². The van der Waals surface area contributed by atoms with Crippen molar-refractivity contribution >= 4 is 24.3 Å². The van der Waals surface area contributed by atoms with Gasteiger partial charge in [-0.3, -0.25) is 0 Å². The number of hydrogen-bond acceptors (Lipinski definition) is 5. The Morgan fingerprint density at radius 1 is 1.05 bits per heavy atom. The van der Waals surface area contributed by atoms with E-state index >= 15 is 0 Å². The molecule has 0 spiro atoms. The van der Waals surface area contributed by atoms with Crippen molar-refractivity contribution in [1.82, 2.24) is 5.48 Å². The minimum Gasteiger partial charge on any atom is -0.443 e. The molecule has 22 heavy (non-hydrogen) atoms. The van der Waals surface area contributed by atoms with Gasteiger partial charge in [0.05, 0.1) is 0 Å². The van der Waals surface area contributed by atoms with Crippen molar-refractivity contribution in [1.29, 1.82) is 0 Å². The lowest BCUT2D eigenvalue weighted by molar-refractivity contribution is 0.0920. The predicted molar refractivity (Wildman–Crippen MR) is 81.4 cm³/mol. The quantitative estimate of drug-likeness (QED) is 0.627. The lowest BCUT2D eigenvalue weighted by Gasteiger charge is -2.12. The Kier molecular flexibility index (Phi) is 5.83. The monoisotopic (exact) mass is 341 g/mol. The Morgan fingerprint density at radius 3 is 2.27 bits per heavy atom. The summed E-state index contributed by atoms with van der Waals surface area (Å²) in [5, 5.41) is 0. The summed E-state index contributed by atoms with van der Waals surface area (Å²) < 4.78 is 26.2. The van der Waals surface area contributed by atoms with Crippen molar-refractivity contribution in [2.24, 2.45) is 0 Å². The number of amides is 1. The number of ether oxygens (including phenoxy) is 1. The van der Waals surface area contributed by atoms with Crippen LogP contribution < -0.4 is 10.0 Å². The Hall–Kier alpha value is -2.01. The minimum atomic E-state index is -4.00. The molecule has 0 aliphatic heterocycles. The van der Waals surface area contributed by atoms with E-state index in [1.807, 2.05) is 23.7 Å². The molecule has 0 fully saturated rings. The van der Waals surface area contributed by atoms with E-state index in [0.717, 1.165) is 5.56 Å². The summed E-state index contributed by atoms with van der Waals surface area (Å²) in [5.74, 6) is 0.250. The van der Waals surface area contributed by atoms with E-state index in [9.17, 15) is 9.36 Å². The number of halogens is 1. The van der Waals surface area contributed by atoms with Crippen LogP contribution in [0.15, 0.2) is 60.7 Å². The smallest absolute Gasteiger partial charge is 0.443 e. The number of rotatable bonds is 6. The van der Waals surface area contributed by atoms with Gasteiger partial charge in [-0.2, -0.15) is 10.1 Å². The van der Waals surface area contributed by atoms with Gasteiger partial charge < -0.3 is 9.26 Å². The first-order chi connectivity index (χ1) is 10.6. The highest BCUT2D eigenvalue weighted by Crippen LogP contribution is 2.52. The second-order valence-corrected chi connectivity index (χ2v) is 6.56. The zero-order chi connectivity index (χ0) is 15.8. The highest BCUT2D eigenvalue weighted by Gasteiger charge is 2.25. The second kappa shape index (κ2) is 7.84. The third-order valence-electron chi connectivity index (χ3n) is 2.41. The van der Waals surface area contributed by atoms with Crippen LogP contribution in [0.25, 0.3) is 0 Å². The molecule has 1 atom stereocenters. The van der Waals surface area contributed by atoms with Crippen LogP contribution in [0.3, 0.4) is 0 Å². The number of hydrogen-bond donors (Lipinski definition) is 1. The van der Waals surface area contributed by atoms with Crippen molar-refractivity contribution < 1.29 is 23.2 Å². The van der Waals surface area contributed by atoms with Crippen LogP contribution >= 0.6 is 18.2 Å². The van der Waals surface area contributed by atoms with Gasteiger partial charge in [0.25, 0.3) is 0 Å². The van der Waals surface area contributed by atoms with Crippen LogP contribution in [0.5, 0.6) is 5.75 Å². The molecule has 6 nitrogen and oxygen atoms in total. The van der Waals surface area contributed by atoms with Crippen LogP contribution in [-0.4, -0.2) is 6.09 Å². The fraction of sp³-hybridized carbons (Fsp3) is 0.0714. The number of nitrogens with one attached hydrogen (secondary N) is 1. The first-order valence-electron chi connectivity index (χ1n) is 6.25. The number of hydroxylamine groups is 1. The number of carbonyl (C=O) groups excluding carboxylic acids is 1. The zero-order valence-electron chi connectivity index (χ0n) is 11.3. The Labute approximate surface area is 132 Å². The predicted octanol–water partition coefficient (Wildman–Crippen LogP) is 4.27. The van der Waals surface area contributed by atoms with E-state index in [1.54, 1.807) is 42.5 Å². The second-order valence-electron chi connectivity index (χ2n) is 4.09. The molecule has 1 unspecified atom stereocenters. The summed E-state index contributed by atoms with van der Waals surface area (Å²) in [6.45, 7) is -3.96. The van der Waals surface area contributed by atoms with Gasteiger partial charge in [-0.25, -0.2) is 9.36 Å². The minimum absolute atomic E-state index is 0.0438. The first-order valence-corrected chi connectivity index (χ1v) is 8.69. The van der Waals surface area contributed by atoms with Gasteiger partial charge in [-0.05, 0) is 17.7 Å². The van der Waals surface area contributed by atoms with Gasteiger partial charge in [0.1, 0.15) is 12.4 Å². The molecule has 0 heterocycles. The lowest BCUT2D eigenvalue weighted by Crippen LogP contribution is -2.23. The number of benzene rings is 2. The van der Waals surface area contributed by atoms with Crippen LogP contribution in [-0.2, 0) is 20.5 Å². The Bertz CT molecular complexity index is 653. The van der Waals surface area contributed by atoms with E-state index in [1.165, 1.54) is 0 Å². The summed E-state index contributed by atoms with van der Waals surface area (Å²) in [7, 11) is 0. The van der Waals surface area contributed by atoms with Gasteiger partial charge in [0.2, 0.25) is 0 Å². The average Bonchev–Trinajstić information content (AvgIpc) is 2.53. The van der Waals surface area contributed by atoms with E-state index in [4.69, 9.17) is 20.5 Å². The molecule has 2 aromatic carbocycles. The number of para-hydroxylation sites is 1. The molecule has 2 aromatic rings. The van der Waals surface area contributed by atoms with Crippen molar-refractivity contribution in [3.8, 4) is 5.75 Å². The normalized spacial score (nSPS) is 13.0. The molecule has 116 valence electrons. The standard InChI is InChI=1S/C14H13ClNO5P/c15-22(18,20-13-9-5-2-6-10-13)21-16-14(17)19-11-12-7-3-1-4-8-12/h1-10H,11H2,(H,16,17). The molecular weight excluding hydrogens is 329 g/mol. The summed E-state index contributed by atoms with van der Waals surface area (Å²) in [4.78, 5) is 11.4. The van der Waals surface area contributed by atoms with Gasteiger partial charge in [0.15, 0.2) is 0 Å². The maximum absolute atomic E-state index is 11.8. The van der Waals surface area contributed by atoms with E-state index in [-0.39, 0.29) is 12.4 Å². The number of carbonyl (C=O) groups is 1. The van der Waals surface area contributed by atoms with Gasteiger partial charge in [-0.1, -0.05) is 48.5 Å². The fourth-order valence-corrected chi connectivity index (χ4v) is 2.41. The molecule has 0 aliphatic carbocycles. The SMILES string of the molecule is O=C(NOP(=O)(Cl)Oc1ccccc1)OCc1ccccc1. The van der Waals surface area contributed by atoms with Crippen LogP contribution in [0, 0.1) is 0 Å².